The Morgan fingerprint density at radius 1 is 1.32 bits per heavy atom. The molecular weight excluding hydrogens is 336 g/mol. The van der Waals surface area contributed by atoms with Crippen LogP contribution in [-0.4, -0.2) is 42.9 Å². The van der Waals surface area contributed by atoms with Gasteiger partial charge in [-0.05, 0) is 24.8 Å². The molecule has 3 heterocycles. The normalized spacial score (nSPS) is 26.8. The van der Waals surface area contributed by atoms with Crippen molar-refractivity contribution in [3.05, 3.63) is 45.4 Å². The fraction of sp³-hybridized carbons (Fsp3) is 0.474. The van der Waals surface area contributed by atoms with Crippen molar-refractivity contribution in [3.63, 3.8) is 0 Å². The first-order valence-electron chi connectivity index (χ1n) is 8.78. The number of hydrogen-bond donors (Lipinski definition) is 1. The predicted molar refractivity (Wildman–Crippen MR) is 96.1 cm³/mol. The van der Waals surface area contributed by atoms with Gasteiger partial charge in [-0.2, -0.15) is 0 Å². The maximum absolute atomic E-state index is 13.3. The molecule has 1 aromatic rings. The number of amides is 1. The van der Waals surface area contributed by atoms with E-state index in [1.165, 1.54) is 0 Å². The van der Waals surface area contributed by atoms with E-state index in [0.717, 1.165) is 28.3 Å². The van der Waals surface area contributed by atoms with Crippen molar-refractivity contribution in [3.8, 4) is 0 Å². The van der Waals surface area contributed by atoms with Gasteiger partial charge in [0.05, 0.1) is 19.1 Å². The second kappa shape index (κ2) is 6.77. The van der Waals surface area contributed by atoms with Gasteiger partial charge in [0, 0.05) is 47.3 Å². The number of thiophene rings is 1. The van der Waals surface area contributed by atoms with Crippen LogP contribution in [0.1, 0.15) is 30.6 Å². The third kappa shape index (κ3) is 2.93. The van der Waals surface area contributed by atoms with Crippen LogP contribution in [0.3, 0.4) is 0 Å². The average molecular weight is 358 g/mol. The number of nitrogens with zero attached hydrogens (tertiary/aromatic N) is 1. The second-order valence-corrected chi connectivity index (χ2v) is 7.68. The van der Waals surface area contributed by atoms with Gasteiger partial charge in [0.15, 0.2) is 0 Å². The zero-order valence-electron chi connectivity index (χ0n) is 14.3. The predicted octanol–water partition coefficient (Wildman–Crippen LogP) is 2.43. The van der Waals surface area contributed by atoms with Crippen molar-refractivity contribution >= 4 is 23.0 Å². The zero-order chi connectivity index (χ0) is 17.4. The number of rotatable bonds is 2. The minimum absolute atomic E-state index is 0.0316. The third-order valence-electron chi connectivity index (χ3n) is 5.20. The molecule has 0 aromatic carbocycles. The van der Waals surface area contributed by atoms with Gasteiger partial charge < -0.3 is 15.0 Å². The van der Waals surface area contributed by atoms with E-state index in [4.69, 9.17) is 4.74 Å². The molecule has 2 aliphatic heterocycles. The van der Waals surface area contributed by atoms with Crippen LogP contribution in [0.2, 0.25) is 0 Å². The van der Waals surface area contributed by atoms with Crippen LogP contribution in [0.5, 0.6) is 0 Å². The van der Waals surface area contributed by atoms with Crippen molar-refractivity contribution in [1.82, 2.24) is 10.2 Å². The Hall–Kier alpha value is -1.92. The highest BCUT2D eigenvalue weighted by atomic mass is 32.1. The first kappa shape index (κ1) is 16.5. The van der Waals surface area contributed by atoms with Gasteiger partial charge in [-0.15, -0.1) is 11.3 Å². The maximum Gasteiger partial charge on any atom is 0.252 e. The van der Waals surface area contributed by atoms with Gasteiger partial charge in [-0.25, -0.2) is 0 Å². The van der Waals surface area contributed by atoms with E-state index in [9.17, 15) is 9.59 Å². The summed E-state index contributed by atoms with van der Waals surface area (Å²) < 4.78 is 5.38. The maximum atomic E-state index is 13.3. The van der Waals surface area contributed by atoms with E-state index < -0.39 is 0 Å². The van der Waals surface area contributed by atoms with E-state index in [2.05, 4.69) is 11.4 Å². The first-order valence-corrected chi connectivity index (χ1v) is 9.65. The molecule has 0 bridgehead atoms. The van der Waals surface area contributed by atoms with Crippen LogP contribution >= 0.6 is 11.3 Å². The molecule has 25 heavy (non-hydrogen) atoms. The Balaban J connectivity index is 1.78. The Morgan fingerprint density at radius 2 is 2.12 bits per heavy atom. The zero-order valence-corrected chi connectivity index (χ0v) is 15.1. The third-order valence-corrected chi connectivity index (χ3v) is 6.15. The molecule has 1 amide bonds. The van der Waals surface area contributed by atoms with Gasteiger partial charge >= 0.3 is 0 Å². The molecular formula is C19H22N2O3S. The van der Waals surface area contributed by atoms with Crippen LogP contribution in [0, 0.1) is 5.92 Å². The number of hydrogen-bond acceptors (Lipinski definition) is 5. The standard InChI is InChI=1S/C19H22N2O3S/c1-12-16(19(23)21-7-9-24-10-8-21)18(15-6-3-11-25-15)17-13(20-12)4-2-5-14(17)22/h3-4,6,11,17-18,20H,2,5,7-10H2,1H3. The number of ketones is 1. The van der Waals surface area contributed by atoms with Crippen molar-refractivity contribution < 1.29 is 14.3 Å². The molecule has 0 saturated carbocycles. The van der Waals surface area contributed by atoms with E-state index in [1.807, 2.05) is 29.3 Å². The average Bonchev–Trinajstić information content (AvgIpc) is 3.15. The summed E-state index contributed by atoms with van der Waals surface area (Å²) >= 11 is 1.62. The quantitative estimate of drug-likeness (QED) is 0.882. The lowest BCUT2D eigenvalue weighted by Gasteiger charge is -2.39. The molecule has 5 nitrogen and oxygen atoms in total. The smallest absolute Gasteiger partial charge is 0.252 e. The van der Waals surface area contributed by atoms with Gasteiger partial charge in [0.25, 0.3) is 5.91 Å². The van der Waals surface area contributed by atoms with E-state index in [1.54, 1.807) is 11.3 Å². The summed E-state index contributed by atoms with van der Waals surface area (Å²) in [5.74, 6) is -0.195. The number of ether oxygens (including phenoxy) is 1. The summed E-state index contributed by atoms with van der Waals surface area (Å²) in [5.41, 5.74) is 2.57. The van der Waals surface area contributed by atoms with E-state index in [0.29, 0.717) is 32.7 Å². The number of nitrogens with one attached hydrogen (secondary N) is 1. The monoisotopic (exact) mass is 358 g/mol. The highest BCUT2D eigenvalue weighted by Gasteiger charge is 2.44. The van der Waals surface area contributed by atoms with E-state index >= 15 is 0 Å². The van der Waals surface area contributed by atoms with Crippen molar-refractivity contribution in [2.45, 2.75) is 25.7 Å². The van der Waals surface area contributed by atoms with Gasteiger partial charge in [0.1, 0.15) is 5.78 Å². The lowest BCUT2D eigenvalue weighted by Crippen LogP contribution is -2.46. The summed E-state index contributed by atoms with van der Waals surface area (Å²) in [6.45, 7) is 4.30. The molecule has 2 unspecified atom stereocenters. The topological polar surface area (TPSA) is 58.6 Å². The summed E-state index contributed by atoms with van der Waals surface area (Å²) in [6.07, 6.45) is 3.44. The van der Waals surface area contributed by atoms with Gasteiger partial charge in [-0.1, -0.05) is 12.1 Å². The molecule has 6 heteroatoms. The van der Waals surface area contributed by atoms with E-state index in [-0.39, 0.29) is 23.5 Å². The highest BCUT2D eigenvalue weighted by molar-refractivity contribution is 7.10. The lowest BCUT2D eigenvalue weighted by atomic mass is 9.73. The fourth-order valence-electron chi connectivity index (χ4n) is 4.01. The molecule has 1 aliphatic carbocycles. The second-order valence-electron chi connectivity index (χ2n) is 6.70. The van der Waals surface area contributed by atoms with Crippen LogP contribution < -0.4 is 5.32 Å². The van der Waals surface area contributed by atoms with Crippen molar-refractivity contribution in [2.75, 3.05) is 26.3 Å². The van der Waals surface area contributed by atoms with Crippen molar-refractivity contribution in [2.24, 2.45) is 5.92 Å². The summed E-state index contributed by atoms with van der Waals surface area (Å²) in [6, 6.07) is 4.03. The Morgan fingerprint density at radius 3 is 2.84 bits per heavy atom. The minimum atomic E-state index is -0.268. The summed E-state index contributed by atoms with van der Waals surface area (Å²) in [5, 5.41) is 5.37. The number of fused-ring (bicyclic) bond motifs is 1. The Labute approximate surface area is 151 Å². The Kier molecular flexibility index (Phi) is 4.48. The summed E-state index contributed by atoms with van der Waals surface area (Å²) in [4.78, 5) is 29.0. The molecule has 132 valence electrons. The highest BCUT2D eigenvalue weighted by Crippen LogP contribution is 2.45. The molecule has 1 saturated heterocycles. The van der Waals surface area contributed by atoms with Crippen LogP contribution in [0.15, 0.2) is 40.6 Å². The number of carbonyl (C=O) groups is 2. The minimum Gasteiger partial charge on any atom is -0.378 e. The molecule has 3 aliphatic rings. The number of Topliss-reactive ketones (excluding diaryl/α,β-unsaturated/α-hetero) is 1. The molecule has 1 aromatic heterocycles. The molecule has 1 N–H and O–H groups in total. The number of allylic oxidation sites excluding steroid dienone is 3. The number of carbonyl (C=O) groups excluding carboxylic acids is 2. The van der Waals surface area contributed by atoms with Crippen LogP contribution in [-0.2, 0) is 14.3 Å². The molecule has 2 atom stereocenters. The summed E-state index contributed by atoms with van der Waals surface area (Å²) in [7, 11) is 0. The molecule has 0 radical (unpaired) electrons. The lowest BCUT2D eigenvalue weighted by molar-refractivity contribution is -0.132. The number of morpholine rings is 1. The largest absolute Gasteiger partial charge is 0.378 e. The Bertz CT molecular complexity index is 745. The van der Waals surface area contributed by atoms with Crippen LogP contribution in [0.25, 0.3) is 0 Å². The van der Waals surface area contributed by atoms with Gasteiger partial charge in [-0.3, -0.25) is 9.59 Å². The first-order chi connectivity index (χ1) is 12.2. The van der Waals surface area contributed by atoms with Gasteiger partial charge in [0.2, 0.25) is 0 Å². The molecule has 0 spiro atoms. The van der Waals surface area contributed by atoms with Crippen LogP contribution in [0.4, 0.5) is 0 Å². The van der Waals surface area contributed by atoms with Crippen molar-refractivity contribution in [1.29, 1.82) is 0 Å². The molecule has 1 fully saturated rings. The molecule has 4 rings (SSSR count). The fourth-order valence-corrected chi connectivity index (χ4v) is 4.88. The SMILES string of the molecule is CC1=C(C(=O)N2CCOCC2)C(c2cccs2)C2C(=O)CCC=C2N1.